The average Bonchev–Trinajstić information content (AvgIpc) is 2.37. The highest BCUT2D eigenvalue weighted by atomic mass is 15.2. The van der Waals surface area contributed by atoms with Gasteiger partial charge in [0.15, 0.2) is 0 Å². The molecule has 1 aromatic rings. The van der Waals surface area contributed by atoms with Crippen molar-refractivity contribution in [2.45, 2.75) is 19.8 Å². The second-order valence-corrected chi connectivity index (χ2v) is 2.64. The molecule has 1 rings (SSSR count). The number of imidazole rings is 1. The highest BCUT2D eigenvalue weighted by Crippen LogP contribution is 2.00. The Morgan fingerprint density at radius 3 is 3.00 bits per heavy atom. The fraction of sp³-hybridized carbons (Fsp3) is 0.625. The summed E-state index contributed by atoms with van der Waals surface area (Å²) in [6, 6.07) is 0. The van der Waals surface area contributed by atoms with Crippen LogP contribution in [0.25, 0.3) is 0 Å². The van der Waals surface area contributed by atoms with Crippen molar-refractivity contribution in [3.05, 3.63) is 12.4 Å². The number of hydrogen-bond donors (Lipinski definition) is 1. The van der Waals surface area contributed by atoms with Crippen molar-refractivity contribution < 1.29 is 0 Å². The van der Waals surface area contributed by atoms with Gasteiger partial charge in [-0.05, 0) is 6.42 Å². The van der Waals surface area contributed by atoms with E-state index in [4.69, 9.17) is 0 Å². The minimum absolute atomic E-state index is 0.957. The molecular formula is C8H15N3. The van der Waals surface area contributed by atoms with Gasteiger partial charge >= 0.3 is 0 Å². The number of rotatable bonds is 4. The Hall–Kier alpha value is -0.990. The van der Waals surface area contributed by atoms with Crippen LogP contribution in [0.15, 0.2) is 12.4 Å². The summed E-state index contributed by atoms with van der Waals surface area (Å²) in [6.45, 7) is 3.20. The molecule has 62 valence electrons. The maximum Gasteiger partial charge on any atom is 0.202 e. The number of unbranched alkanes of at least 4 members (excludes halogenated alkanes) is 1. The third-order valence-corrected chi connectivity index (χ3v) is 1.63. The van der Waals surface area contributed by atoms with Crippen LogP contribution in [0.4, 0.5) is 5.95 Å². The molecule has 0 fully saturated rings. The first kappa shape index (κ1) is 8.11. The van der Waals surface area contributed by atoms with Gasteiger partial charge in [-0.1, -0.05) is 13.3 Å². The van der Waals surface area contributed by atoms with Crippen LogP contribution in [-0.4, -0.2) is 16.1 Å². The van der Waals surface area contributed by atoms with Gasteiger partial charge < -0.3 is 9.88 Å². The van der Waals surface area contributed by atoms with Gasteiger partial charge in [-0.25, -0.2) is 4.98 Å². The quantitative estimate of drug-likeness (QED) is 0.666. The second-order valence-electron chi connectivity index (χ2n) is 2.64. The topological polar surface area (TPSA) is 29.9 Å². The first-order chi connectivity index (χ1) is 5.34. The Morgan fingerprint density at radius 1 is 1.64 bits per heavy atom. The zero-order chi connectivity index (χ0) is 8.10. The predicted molar refractivity (Wildman–Crippen MR) is 46.6 cm³/mol. The summed E-state index contributed by atoms with van der Waals surface area (Å²) in [6.07, 6.45) is 6.16. The minimum atomic E-state index is 0.957. The van der Waals surface area contributed by atoms with Crippen molar-refractivity contribution in [1.82, 2.24) is 9.55 Å². The highest BCUT2D eigenvalue weighted by Gasteiger charge is 1.94. The van der Waals surface area contributed by atoms with Crippen LogP contribution in [0.1, 0.15) is 19.8 Å². The van der Waals surface area contributed by atoms with Gasteiger partial charge in [0.2, 0.25) is 5.95 Å². The van der Waals surface area contributed by atoms with Crippen LogP contribution in [0.2, 0.25) is 0 Å². The van der Waals surface area contributed by atoms with Gasteiger partial charge in [-0.2, -0.15) is 0 Å². The van der Waals surface area contributed by atoms with Crippen molar-refractivity contribution in [1.29, 1.82) is 0 Å². The molecule has 3 nitrogen and oxygen atoms in total. The molecule has 3 heteroatoms. The smallest absolute Gasteiger partial charge is 0.202 e. The summed E-state index contributed by atoms with van der Waals surface area (Å²) >= 11 is 0. The van der Waals surface area contributed by atoms with E-state index in [1.54, 1.807) is 6.20 Å². The summed E-state index contributed by atoms with van der Waals surface area (Å²) in [5.41, 5.74) is 0. The monoisotopic (exact) mass is 153 g/mol. The minimum Gasteiger partial charge on any atom is -0.356 e. The number of nitrogens with one attached hydrogen (secondary N) is 1. The Bertz CT molecular complexity index is 205. The molecule has 0 aliphatic rings. The van der Waals surface area contributed by atoms with E-state index in [1.165, 1.54) is 12.8 Å². The Labute approximate surface area is 67.4 Å². The lowest BCUT2D eigenvalue weighted by Crippen LogP contribution is -2.05. The van der Waals surface area contributed by atoms with Crippen LogP contribution in [-0.2, 0) is 7.05 Å². The van der Waals surface area contributed by atoms with E-state index in [0.717, 1.165) is 12.5 Å². The zero-order valence-electron chi connectivity index (χ0n) is 7.17. The Kier molecular flexibility index (Phi) is 2.95. The summed E-state index contributed by atoms with van der Waals surface area (Å²) in [7, 11) is 1.99. The highest BCUT2D eigenvalue weighted by molar-refractivity contribution is 5.24. The maximum atomic E-state index is 4.14. The van der Waals surface area contributed by atoms with E-state index >= 15 is 0 Å². The van der Waals surface area contributed by atoms with E-state index in [0.29, 0.717) is 0 Å². The molecule has 0 aromatic carbocycles. The lowest BCUT2D eigenvalue weighted by Gasteiger charge is -2.03. The summed E-state index contributed by atoms with van der Waals surface area (Å²) in [4.78, 5) is 4.14. The third kappa shape index (κ3) is 2.26. The molecule has 0 saturated heterocycles. The van der Waals surface area contributed by atoms with Crippen molar-refractivity contribution in [2.24, 2.45) is 7.05 Å². The SMILES string of the molecule is CCCCNc1nccn1C. The largest absolute Gasteiger partial charge is 0.356 e. The van der Waals surface area contributed by atoms with Crippen LogP contribution in [0, 0.1) is 0 Å². The van der Waals surface area contributed by atoms with Crippen molar-refractivity contribution >= 4 is 5.95 Å². The molecule has 0 amide bonds. The molecular weight excluding hydrogens is 138 g/mol. The van der Waals surface area contributed by atoms with Gasteiger partial charge in [0.1, 0.15) is 0 Å². The molecule has 0 radical (unpaired) electrons. The zero-order valence-corrected chi connectivity index (χ0v) is 7.17. The van der Waals surface area contributed by atoms with Gasteiger partial charge in [0.05, 0.1) is 0 Å². The number of anilines is 1. The van der Waals surface area contributed by atoms with Gasteiger partial charge in [0.25, 0.3) is 0 Å². The summed E-state index contributed by atoms with van der Waals surface area (Å²) in [5, 5.41) is 3.25. The first-order valence-corrected chi connectivity index (χ1v) is 4.05. The second kappa shape index (κ2) is 4.01. The fourth-order valence-electron chi connectivity index (χ4n) is 0.913. The van der Waals surface area contributed by atoms with Crippen molar-refractivity contribution in [3.8, 4) is 0 Å². The molecule has 0 aliphatic carbocycles. The van der Waals surface area contributed by atoms with E-state index in [9.17, 15) is 0 Å². The lowest BCUT2D eigenvalue weighted by molar-refractivity contribution is 0.812. The fourth-order valence-corrected chi connectivity index (χ4v) is 0.913. The standard InChI is InChI=1S/C8H15N3/c1-3-4-5-9-8-10-6-7-11(8)2/h6-7H,3-5H2,1-2H3,(H,9,10). The van der Waals surface area contributed by atoms with Crippen molar-refractivity contribution in [3.63, 3.8) is 0 Å². The first-order valence-electron chi connectivity index (χ1n) is 4.05. The Balaban J connectivity index is 2.32. The van der Waals surface area contributed by atoms with E-state index in [2.05, 4.69) is 17.2 Å². The van der Waals surface area contributed by atoms with Gasteiger partial charge in [-0.3, -0.25) is 0 Å². The average molecular weight is 153 g/mol. The van der Waals surface area contributed by atoms with Gasteiger partial charge in [0, 0.05) is 26.0 Å². The molecule has 1 N–H and O–H groups in total. The number of aromatic nitrogens is 2. The van der Waals surface area contributed by atoms with Crippen LogP contribution >= 0.6 is 0 Å². The van der Waals surface area contributed by atoms with Crippen LogP contribution < -0.4 is 5.32 Å². The molecule has 1 heterocycles. The lowest BCUT2D eigenvalue weighted by atomic mass is 10.3. The van der Waals surface area contributed by atoms with E-state index in [1.807, 2.05) is 17.8 Å². The summed E-state index contributed by atoms with van der Waals surface area (Å²) in [5.74, 6) is 0.957. The number of aryl methyl sites for hydroxylation is 1. The number of hydrogen-bond acceptors (Lipinski definition) is 2. The maximum absolute atomic E-state index is 4.14. The molecule has 1 aromatic heterocycles. The molecule has 0 saturated carbocycles. The molecule has 0 spiro atoms. The summed E-state index contributed by atoms with van der Waals surface area (Å²) < 4.78 is 1.98. The van der Waals surface area contributed by atoms with Crippen LogP contribution in [0.5, 0.6) is 0 Å². The third-order valence-electron chi connectivity index (χ3n) is 1.63. The molecule has 0 bridgehead atoms. The molecule has 11 heavy (non-hydrogen) atoms. The molecule has 0 atom stereocenters. The predicted octanol–water partition coefficient (Wildman–Crippen LogP) is 1.63. The number of nitrogens with zero attached hydrogens (tertiary/aromatic N) is 2. The molecule has 0 unspecified atom stereocenters. The van der Waals surface area contributed by atoms with Crippen molar-refractivity contribution in [2.75, 3.05) is 11.9 Å². The van der Waals surface area contributed by atoms with Gasteiger partial charge in [-0.15, -0.1) is 0 Å². The Morgan fingerprint density at radius 2 is 2.45 bits per heavy atom. The molecule has 0 aliphatic heterocycles. The van der Waals surface area contributed by atoms with E-state index in [-0.39, 0.29) is 0 Å². The van der Waals surface area contributed by atoms with E-state index < -0.39 is 0 Å². The van der Waals surface area contributed by atoms with Crippen LogP contribution in [0.3, 0.4) is 0 Å². The normalized spacial score (nSPS) is 10.0.